The first-order valence-electron chi connectivity index (χ1n) is 6.35. The summed E-state index contributed by atoms with van der Waals surface area (Å²) in [5, 5.41) is 3.05. The first-order chi connectivity index (χ1) is 7.07. The fraction of sp³-hybridized carbons (Fsp3) is 0.923. The molecule has 0 aromatic rings. The van der Waals surface area contributed by atoms with E-state index in [2.05, 4.69) is 33.0 Å². The van der Waals surface area contributed by atoms with Gasteiger partial charge in [0.25, 0.3) is 0 Å². The Morgan fingerprint density at radius 1 is 1.40 bits per heavy atom. The minimum absolute atomic E-state index is 0.261. The molecule has 0 unspecified atom stereocenters. The van der Waals surface area contributed by atoms with Crippen LogP contribution >= 0.6 is 0 Å². The monoisotopic (exact) mass is 211 g/mol. The fourth-order valence-electron chi connectivity index (χ4n) is 2.80. The smallest absolute Gasteiger partial charge is 0.223 e. The van der Waals surface area contributed by atoms with Gasteiger partial charge in [-0.3, -0.25) is 4.79 Å². The van der Waals surface area contributed by atoms with Gasteiger partial charge in [0.05, 0.1) is 0 Å². The fourth-order valence-corrected chi connectivity index (χ4v) is 2.80. The van der Waals surface area contributed by atoms with Crippen molar-refractivity contribution in [2.75, 3.05) is 6.54 Å². The summed E-state index contributed by atoms with van der Waals surface area (Å²) < 4.78 is 0. The summed E-state index contributed by atoms with van der Waals surface area (Å²) in [5.41, 5.74) is 0. The van der Waals surface area contributed by atoms with E-state index in [-0.39, 0.29) is 5.92 Å². The normalized spacial score (nSPS) is 30.9. The molecule has 0 saturated heterocycles. The van der Waals surface area contributed by atoms with Crippen molar-refractivity contribution in [3.63, 3.8) is 0 Å². The minimum Gasteiger partial charge on any atom is -0.356 e. The molecule has 1 N–H and O–H groups in total. The predicted octanol–water partition coefficient (Wildman–Crippen LogP) is 2.83. The molecule has 3 atom stereocenters. The molecule has 0 aromatic heterocycles. The van der Waals surface area contributed by atoms with Crippen molar-refractivity contribution in [3.05, 3.63) is 0 Å². The summed E-state index contributed by atoms with van der Waals surface area (Å²) in [6.45, 7) is 9.62. The molecule has 2 heteroatoms. The molecule has 1 amide bonds. The van der Waals surface area contributed by atoms with Crippen LogP contribution in [0.3, 0.4) is 0 Å². The number of carbonyl (C=O) groups is 1. The summed E-state index contributed by atoms with van der Waals surface area (Å²) in [6, 6.07) is 0. The van der Waals surface area contributed by atoms with Crippen molar-refractivity contribution in [2.24, 2.45) is 23.7 Å². The van der Waals surface area contributed by atoms with Gasteiger partial charge in [-0.25, -0.2) is 0 Å². The number of amides is 1. The van der Waals surface area contributed by atoms with E-state index < -0.39 is 0 Å². The summed E-state index contributed by atoms with van der Waals surface area (Å²) >= 11 is 0. The van der Waals surface area contributed by atoms with Crippen molar-refractivity contribution in [1.29, 1.82) is 0 Å². The highest BCUT2D eigenvalue weighted by atomic mass is 16.1. The molecule has 1 aliphatic carbocycles. The highest BCUT2D eigenvalue weighted by Crippen LogP contribution is 2.40. The zero-order valence-electron chi connectivity index (χ0n) is 10.5. The molecule has 2 nitrogen and oxygen atoms in total. The van der Waals surface area contributed by atoms with Crippen LogP contribution in [-0.2, 0) is 4.79 Å². The zero-order chi connectivity index (χ0) is 11.4. The number of hydrogen-bond acceptors (Lipinski definition) is 1. The topological polar surface area (TPSA) is 29.1 Å². The Bertz CT molecular complexity index is 213. The van der Waals surface area contributed by atoms with Crippen LogP contribution in [0.25, 0.3) is 0 Å². The lowest BCUT2D eigenvalue weighted by molar-refractivity contribution is -0.127. The third kappa shape index (κ3) is 2.96. The van der Waals surface area contributed by atoms with Gasteiger partial charge in [-0.05, 0) is 37.0 Å². The van der Waals surface area contributed by atoms with Gasteiger partial charge in [0.1, 0.15) is 0 Å². The van der Waals surface area contributed by atoms with Crippen molar-refractivity contribution in [1.82, 2.24) is 5.32 Å². The van der Waals surface area contributed by atoms with Gasteiger partial charge in [0.2, 0.25) is 5.91 Å². The molecular formula is C13H25NO. The molecule has 0 aromatic carbocycles. The third-order valence-electron chi connectivity index (χ3n) is 3.74. The van der Waals surface area contributed by atoms with Crippen LogP contribution in [0.15, 0.2) is 0 Å². The van der Waals surface area contributed by atoms with E-state index in [0.717, 1.165) is 13.0 Å². The van der Waals surface area contributed by atoms with Crippen LogP contribution in [0.4, 0.5) is 0 Å². The molecule has 0 spiro atoms. The standard InChI is InChI=1S/C13H25NO/c1-5-8-14-13(15)12-10(4)6-7-11(12)9(2)3/h9-12H,5-8H2,1-4H3,(H,14,15)/t10-,11+,12-/m0/s1. The minimum atomic E-state index is 0.261. The Hall–Kier alpha value is -0.530. The maximum Gasteiger partial charge on any atom is 0.223 e. The Morgan fingerprint density at radius 2 is 2.07 bits per heavy atom. The van der Waals surface area contributed by atoms with Gasteiger partial charge in [0.15, 0.2) is 0 Å². The van der Waals surface area contributed by atoms with Crippen LogP contribution in [-0.4, -0.2) is 12.5 Å². The predicted molar refractivity (Wildman–Crippen MR) is 63.5 cm³/mol. The Kier molecular flexibility index (Phi) is 4.62. The van der Waals surface area contributed by atoms with Gasteiger partial charge in [-0.15, -0.1) is 0 Å². The maximum atomic E-state index is 12.0. The van der Waals surface area contributed by atoms with Crippen molar-refractivity contribution >= 4 is 5.91 Å². The summed E-state index contributed by atoms with van der Waals surface area (Å²) in [6.07, 6.45) is 3.47. The van der Waals surface area contributed by atoms with Crippen LogP contribution in [0.2, 0.25) is 0 Å². The van der Waals surface area contributed by atoms with Gasteiger partial charge < -0.3 is 5.32 Å². The van der Waals surface area contributed by atoms with Gasteiger partial charge in [-0.2, -0.15) is 0 Å². The molecule has 0 aliphatic heterocycles. The summed E-state index contributed by atoms with van der Waals surface area (Å²) in [4.78, 5) is 12.0. The Morgan fingerprint density at radius 3 is 2.60 bits per heavy atom. The molecular weight excluding hydrogens is 186 g/mol. The molecule has 0 bridgehead atoms. The summed E-state index contributed by atoms with van der Waals surface area (Å²) in [5.74, 6) is 2.34. The van der Waals surface area contributed by atoms with E-state index in [9.17, 15) is 4.79 Å². The Labute approximate surface area is 93.8 Å². The zero-order valence-corrected chi connectivity index (χ0v) is 10.5. The molecule has 1 fully saturated rings. The molecule has 1 aliphatic rings. The lowest BCUT2D eigenvalue weighted by Gasteiger charge is -2.24. The third-order valence-corrected chi connectivity index (χ3v) is 3.74. The summed E-state index contributed by atoms with van der Waals surface area (Å²) in [7, 11) is 0. The van der Waals surface area contributed by atoms with Crippen molar-refractivity contribution in [3.8, 4) is 0 Å². The second-order valence-corrected chi connectivity index (χ2v) is 5.28. The largest absolute Gasteiger partial charge is 0.356 e. The number of rotatable bonds is 4. The van der Waals surface area contributed by atoms with Gasteiger partial charge in [-0.1, -0.05) is 27.7 Å². The van der Waals surface area contributed by atoms with Crippen molar-refractivity contribution in [2.45, 2.75) is 47.0 Å². The van der Waals surface area contributed by atoms with E-state index in [0.29, 0.717) is 23.7 Å². The highest BCUT2D eigenvalue weighted by molar-refractivity contribution is 5.79. The molecule has 0 radical (unpaired) electrons. The molecule has 88 valence electrons. The quantitative estimate of drug-likeness (QED) is 0.761. The molecule has 1 saturated carbocycles. The first-order valence-corrected chi connectivity index (χ1v) is 6.35. The number of nitrogens with one attached hydrogen (secondary N) is 1. The SMILES string of the molecule is CCCNC(=O)[C@@H]1[C@@H](C(C)C)CC[C@@H]1C. The highest BCUT2D eigenvalue weighted by Gasteiger charge is 2.39. The van der Waals surface area contributed by atoms with Gasteiger partial charge in [0, 0.05) is 12.5 Å². The average Bonchev–Trinajstić information content (AvgIpc) is 2.56. The maximum absolute atomic E-state index is 12.0. The average molecular weight is 211 g/mol. The van der Waals surface area contributed by atoms with E-state index in [4.69, 9.17) is 0 Å². The second-order valence-electron chi connectivity index (χ2n) is 5.28. The molecule has 15 heavy (non-hydrogen) atoms. The molecule has 1 rings (SSSR count). The van der Waals surface area contributed by atoms with Crippen LogP contribution in [0.5, 0.6) is 0 Å². The van der Waals surface area contributed by atoms with Gasteiger partial charge >= 0.3 is 0 Å². The van der Waals surface area contributed by atoms with Crippen molar-refractivity contribution < 1.29 is 4.79 Å². The van der Waals surface area contributed by atoms with Crippen LogP contribution < -0.4 is 5.32 Å². The Balaban J connectivity index is 2.59. The first kappa shape index (κ1) is 12.5. The van der Waals surface area contributed by atoms with E-state index in [1.165, 1.54) is 12.8 Å². The van der Waals surface area contributed by atoms with E-state index in [1.54, 1.807) is 0 Å². The number of carbonyl (C=O) groups excluding carboxylic acids is 1. The second kappa shape index (κ2) is 5.53. The van der Waals surface area contributed by atoms with Crippen LogP contribution in [0, 0.1) is 23.7 Å². The van der Waals surface area contributed by atoms with E-state index >= 15 is 0 Å². The molecule has 0 heterocycles. The van der Waals surface area contributed by atoms with E-state index in [1.807, 2.05) is 0 Å². The van der Waals surface area contributed by atoms with Crippen LogP contribution in [0.1, 0.15) is 47.0 Å². The lowest BCUT2D eigenvalue weighted by Crippen LogP contribution is -2.37. The number of hydrogen-bond donors (Lipinski definition) is 1. The lowest BCUT2D eigenvalue weighted by atomic mass is 9.82.